The van der Waals surface area contributed by atoms with E-state index in [2.05, 4.69) is 15.5 Å². The Hall–Kier alpha value is -2.21. The highest BCUT2D eigenvalue weighted by atomic mass is 16.2. The molecule has 2 aromatic rings. The molecule has 1 heterocycles. The topological polar surface area (TPSA) is 85.8 Å². The Morgan fingerprint density at radius 2 is 2.16 bits per heavy atom. The van der Waals surface area contributed by atoms with Gasteiger partial charge in [0.1, 0.15) is 5.82 Å². The molecule has 0 saturated carbocycles. The van der Waals surface area contributed by atoms with Gasteiger partial charge >= 0.3 is 0 Å². The molecule has 1 unspecified atom stereocenters. The molecule has 3 N–H and O–H groups in total. The first-order valence-electron chi connectivity index (χ1n) is 6.02. The molecule has 0 spiro atoms. The molecule has 6 heteroatoms. The lowest BCUT2D eigenvalue weighted by Crippen LogP contribution is -2.32. The van der Waals surface area contributed by atoms with E-state index in [9.17, 15) is 4.79 Å². The van der Waals surface area contributed by atoms with Gasteiger partial charge in [0.15, 0.2) is 5.82 Å². The molecule has 19 heavy (non-hydrogen) atoms. The van der Waals surface area contributed by atoms with Crippen LogP contribution < -0.4 is 11.1 Å². The Balaban J connectivity index is 2.29. The number of hydrogen-bond acceptors (Lipinski definition) is 4. The Kier molecular flexibility index (Phi) is 3.62. The van der Waals surface area contributed by atoms with Crippen molar-refractivity contribution in [1.82, 2.24) is 14.8 Å². The molecule has 1 aromatic carbocycles. The minimum absolute atomic E-state index is 0.216. The second-order valence-corrected chi connectivity index (χ2v) is 4.49. The van der Waals surface area contributed by atoms with E-state index in [0.29, 0.717) is 5.69 Å². The number of anilines is 1. The monoisotopic (exact) mass is 259 g/mol. The summed E-state index contributed by atoms with van der Waals surface area (Å²) in [6.07, 6.45) is 0. The fraction of sp³-hybridized carbons (Fsp3) is 0.308. The van der Waals surface area contributed by atoms with Crippen molar-refractivity contribution in [1.29, 1.82) is 0 Å². The van der Waals surface area contributed by atoms with Crippen molar-refractivity contribution in [3.8, 4) is 11.4 Å². The van der Waals surface area contributed by atoms with Crippen molar-refractivity contribution in [2.24, 2.45) is 12.8 Å². The Morgan fingerprint density at radius 1 is 1.42 bits per heavy atom. The Morgan fingerprint density at radius 3 is 2.74 bits per heavy atom. The van der Waals surface area contributed by atoms with Crippen LogP contribution in [-0.4, -0.2) is 26.7 Å². The van der Waals surface area contributed by atoms with Crippen LogP contribution >= 0.6 is 0 Å². The van der Waals surface area contributed by atoms with Gasteiger partial charge in [-0.05, 0) is 26.0 Å². The van der Waals surface area contributed by atoms with E-state index < -0.39 is 6.04 Å². The highest BCUT2D eigenvalue weighted by molar-refractivity contribution is 5.94. The summed E-state index contributed by atoms with van der Waals surface area (Å²) in [5.41, 5.74) is 7.11. The molecule has 1 amide bonds. The maximum atomic E-state index is 11.6. The molecule has 1 aromatic heterocycles. The van der Waals surface area contributed by atoms with Crippen LogP contribution in [0.4, 0.5) is 5.69 Å². The van der Waals surface area contributed by atoms with Crippen LogP contribution in [0.25, 0.3) is 11.4 Å². The zero-order chi connectivity index (χ0) is 14.0. The lowest BCUT2D eigenvalue weighted by molar-refractivity contribution is -0.117. The van der Waals surface area contributed by atoms with Gasteiger partial charge in [-0.15, -0.1) is 10.2 Å². The molecular weight excluding hydrogens is 242 g/mol. The van der Waals surface area contributed by atoms with Gasteiger partial charge in [-0.3, -0.25) is 4.79 Å². The van der Waals surface area contributed by atoms with E-state index in [1.165, 1.54) is 0 Å². The van der Waals surface area contributed by atoms with Crippen molar-refractivity contribution in [2.45, 2.75) is 19.9 Å². The highest BCUT2D eigenvalue weighted by Gasteiger charge is 2.10. The first-order chi connectivity index (χ1) is 8.99. The van der Waals surface area contributed by atoms with Crippen molar-refractivity contribution in [2.75, 3.05) is 5.32 Å². The van der Waals surface area contributed by atoms with Crippen molar-refractivity contribution >= 4 is 11.6 Å². The fourth-order valence-corrected chi connectivity index (χ4v) is 1.65. The van der Waals surface area contributed by atoms with Crippen LogP contribution in [0.15, 0.2) is 24.3 Å². The van der Waals surface area contributed by atoms with Crippen LogP contribution in [-0.2, 0) is 11.8 Å². The number of carbonyl (C=O) groups is 1. The second-order valence-electron chi connectivity index (χ2n) is 4.49. The first kappa shape index (κ1) is 13.2. The Bertz CT molecular complexity index is 603. The number of nitrogens with one attached hydrogen (secondary N) is 1. The zero-order valence-corrected chi connectivity index (χ0v) is 11.2. The van der Waals surface area contributed by atoms with Gasteiger partial charge in [0, 0.05) is 18.3 Å². The van der Waals surface area contributed by atoms with E-state index in [1.807, 2.05) is 42.8 Å². The summed E-state index contributed by atoms with van der Waals surface area (Å²) >= 11 is 0. The minimum atomic E-state index is -0.541. The quantitative estimate of drug-likeness (QED) is 0.863. The molecule has 0 aliphatic rings. The van der Waals surface area contributed by atoms with E-state index in [1.54, 1.807) is 6.92 Å². The lowest BCUT2D eigenvalue weighted by Gasteiger charge is -2.09. The molecule has 0 saturated heterocycles. The van der Waals surface area contributed by atoms with Gasteiger partial charge in [-0.25, -0.2) is 0 Å². The van der Waals surface area contributed by atoms with Crippen LogP contribution in [0.1, 0.15) is 12.7 Å². The number of nitrogens with two attached hydrogens (primary N) is 1. The summed E-state index contributed by atoms with van der Waals surface area (Å²) in [6.45, 7) is 3.53. The molecule has 0 aliphatic heterocycles. The molecule has 1 atom stereocenters. The third kappa shape index (κ3) is 2.79. The van der Waals surface area contributed by atoms with Gasteiger partial charge in [-0.2, -0.15) is 0 Å². The fourth-order valence-electron chi connectivity index (χ4n) is 1.65. The van der Waals surface area contributed by atoms with Crippen LogP contribution in [0.3, 0.4) is 0 Å². The molecule has 2 rings (SSSR count). The van der Waals surface area contributed by atoms with Crippen LogP contribution in [0.5, 0.6) is 0 Å². The minimum Gasteiger partial charge on any atom is -0.325 e. The molecule has 0 bridgehead atoms. The van der Waals surface area contributed by atoms with Gasteiger partial charge in [0.2, 0.25) is 5.91 Å². The smallest absolute Gasteiger partial charge is 0.240 e. The maximum Gasteiger partial charge on any atom is 0.240 e. The van der Waals surface area contributed by atoms with Gasteiger partial charge < -0.3 is 15.6 Å². The highest BCUT2D eigenvalue weighted by Crippen LogP contribution is 2.21. The maximum absolute atomic E-state index is 11.6. The summed E-state index contributed by atoms with van der Waals surface area (Å²) in [5, 5.41) is 10.9. The standard InChI is InChI=1S/C13H17N5O/c1-8(14)13(19)15-11-6-4-5-10(7-11)12-17-16-9(2)18(12)3/h4-8H,14H2,1-3H3,(H,15,19). The number of benzene rings is 1. The van der Waals surface area contributed by atoms with Crippen molar-refractivity contribution in [3.63, 3.8) is 0 Å². The number of hydrogen-bond donors (Lipinski definition) is 2. The summed E-state index contributed by atoms with van der Waals surface area (Å²) < 4.78 is 1.90. The molecule has 6 nitrogen and oxygen atoms in total. The van der Waals surface area contributed by atoms with E-state index in [-0.39, 0.29) is 5.91 Å². The summed E-state index contributed by atoms with van der Waals surface area (Å²) in [4.78, 5) is 11.6. The summed E-state index contributed by atoms with van der Waals surface area (Å²) in [5.74, 6) is 1.38. The number of carbonyl (C=O) groups excluding carboxylic acids is 1. The van der Waals surface area contributed by atoms with Gasteiger partial charge in [0.05, 0.1) is 6.04 Å². The predicted octanol–water partition coefficient (Wildman–Crippen LogP) is 1.08. The van der Waals surface area contributed by atoms with E-state index in [4.69, 9.17) is 5.73 Å². The SMILES string of the molecule is Cc1nnc(-c2cccc(NC(=O)C(C)N)c2)n1C. The molecule has 0 aliphatic carbocycles. The average Bonchev–Trinajstić information content (AvgIpc) is 2.70. The average molecular weight is 259 g/mol. The third-order valence-corrected chi connectivity index (χ3v) is 2.89. The van der Waals surface area contributed by atoms with Crippen molar-refractivity contribution in [3.05, 3.63) is 30.1 Å². The third-order valence-electron chi connectivity index (χ3n) is 2.89. The number of rotatable bonds is 3. The number of aromatic nitrogens is 3. The second kappa shape index (κ2) is 5.19. The molecule has 100 valence electrons. The van der Waals surface area contributed by atoms with Crippen molar-refractivity contribution < 1.29 is 4.79 Å². The number of aryl methyl sites for hydroxylation is 1. The van der Waals surface area contributed by atoms with E-state index in [0.717, 1.165) is 17.2 Å². The first-order valence-corrected chi connectivity index (χ1v) is 6.02. The summed E-state index contributed by atoms with van der Waals surface area (Å²) in [7, 11) is 1.90. The van der Waals surface area contributed by atoms with Gasteiger partial charge in [0.25, 0.3) is 0 Å². The number of nitrogens with zero attached hydrogens (tertiary/aromatic N) is 3. The summed E-state index contributed by atoms with van der Waals surface area (Å²) in [6, 6.07) is 6.90. The molecular formula is C13H17N5O. The van der Waals surface area contributed by atoms with Gasteiger partial charge in [-0.1, -0.05) is 12.1 Å². The largest absolute Gasteiger partial charge is 0.325 e. The van der Waals surface area contributed by atoms with E-state index >= 15 is 0 Å². The molecule has 0 radical (unpaired) electrons. The predicted molar refractivity (Wildman–Crippen MR) is 73.5 cm³/mol. The zero-order valence-electron chi connectivity index (χ0n) is 11.2. The van der Waals surface area contributed by atoms with Crippen LogP contribution in [0, 0.1) is 6.92 Å². The molecule has 0 fully saturated rings. The van der Waals surface area contributed by atoms with Crippen LogP contribution in [0.2, 0.25) is 0 Å². The Labute approximate surface area is 111 Å². The number of amides is 1. The lowest BCUT2D eigenvalue weighted by atomic mass is 10.2. The normalized spacial score (nSPS) is 12.2.